The minimum atomic E-state index is 0.900. The first-order chi connectivity index (χ1) is 5.38. The van der Waals surface area contributed by atoms with Gasteiger partial charge >= 0.3 is 0 Å². The molecular weight excluding hydrogens is 206 g/mol. The van der Waals surface area contributed by atoms with Gasteiger partial charge in [0, 0.05) is 19.3 Å². The maximum absolute atomic E-state index is 3.47. The second kappa shape index (κ2) is 2.77. The van der Waals surface area contributed by atoms with Crippen molar-refractivity contribution in [2.45, 2.75) is 0 Å². The molecule has 4 heteroatoms. The van der Waals surface area contributed by atoms with Crippen LogP contribution in [0.3, 0.4) is 0 Å². The molecule has 60 valence electrons. The lowest BCUT2D eigenvalue weighted by molar-refractivity contribution is 0.626. The smallest absolute Gasteiger partial charge is 0.0711 e. The molecule has 2 heterocycles. The summed E-state index contributed by atoms with van der Waals surface area (Å²) in [4.78, 5) is 0. The van der Waals surface area contributed by atoms with Crippen LogP contribution in [0.15, 0.2) is 22.1 Å². The Labute approximate surface area is 74.1 Å². The number of nitrogens with one attached hydrogen (secondary N) is 3. The fourth-order valence-electron chi connectivity index (χ4n) is 1.29. The van der Waals surface area contributed by atoms with Crippen molar-refractivity contribution in [2.75, 3.05) is 19.6 Å². The van der Waals surface area contributed by atoms with Gasteiger partial charge in [0.05, 0.1) is 22.4 Å². The summed E-state index contributed by atoms with van der Waals surface area (Å²) < 4.78 is 1.10. The predicted octanol–water partition coefficient (Wildman–Crippen LogP) is 0.230. The average molecular weight is 216 g/mol. The summed E-state index contributed by atoms with van der Waals surface area (Å²) in [5.41, 5.74) is 2.46. The third-order valence-corrected chi connectivity index (χ3v) is 2.44. The highest BCUT2D eigenvalue weighted by molar-refractivity contribution is 9.12. The van der Waals surface area contributed by atoms with Crippen molar-refractivity contribution in [1.82, 2.24) is 16.0 Å². The second-order valence-corrected chi connectivity index (χ2v) is 3.43. The van der Waals surface area contributed by atoms with Crippen molar-refractivity contribution in [3.8, 4) is 0 Å². The molecule has 0 fully saturated rings. The molecule has 0 bridgehead atoms. The predicted molar refractivity (Wildman–Crippen MR) is 48.0 cm³/mol. The van der Waals surface area contributed by atoms with Crippen LogP contribution in [0.1, 0.15) is 0 Å². The summed E-state index contributed by atoms with van der Waals surface area (Å²) >= 11 is 3.47. The molecule has 0 aromatic carbocycles. The van der Waals surface area contributed by atoms with E-state index in [1.54, 1.807) is 0 Å². The van der Waals surface area contributed by atoms with Crippen LogP contribution in [0.2, 0.25) is 0 Å². The molecule has 0 radical (unpaired) electrons. The van der Waals surface area contributed by atoms with E-state index in [0.29, 0.717) is 0 Å². The largest absolute Gasteiger partial charge is 0.384 e. The molecule has 0 spiro atoms. The Hall–Kier alpha value is -0.640. The van der Waals surface area contributed by atoms with Gasteiger partial charge in [0.2, 0.25) is 0 Å². The Morgan fingerprint density at radius 3 is 2.91 bits per heavy atom. The summed E-state index contributed by atoms with van der Waals surface area (Å²) in [5.74, 6) is 0. The first-order valence-electron chi connectivity index (χ1n) is 3.68. The van der Waals surface area contributed by atoms with Gasteiger partial charge in [0.1, 0.15) is 0 Å². The third kappa shape index (κ3) is 1.22. The minimum absolute atomic E-state index is 0.900. The van der Waals surface area contributed by atoms with Crippen molar-refractivity contribution < 1.29 is 0 Å². The van der Waals surface area contributed by atoms with E-state index >= 15 is 0 Å². The van der Waals surface area contributed by atoms with Gasteiger partial charge in [-0.05, 0) is 15.9 Å². The molecule has 2 aliphatic heterocycles. The van der Waals surface area contributed by atoms with Gasteiger partial charge in [0.25, 0.3) is 0 Å². The maximum atomic E-state index is 3.47. The molecule has 3 nitrogen and oxygen atoms in total. The molecule has 0 unspecified atom stereocenters. The van der Waals surface area contributed by atoms with Crippen LogP contribution in [-0.2, 0) is 0 Å². The van der Waals surface area contributed by atoms with E-state index in [1.165, 1.54) is 11.4 Å². The number of rotatable bonds is 0. The highest BCUT2D eigenvalue weighted by atomic mass is 79.9. The van der Waals surface area contributed by atoms with Crippen LogP contribution in [0, 0.1) is 0 Å². The second-order valence-electron chi connectivity index (χ2n) is 2.58. The summed E-state index contributed by atoms with van der Waals surface area (Å²) in [6.07, 6.45) is 1.97. The van der Waals surface area contributed by atoms with Crippen LogP contribution in [-0.4, -0.2) is 19.6 Å². The Morgan fingerprint density at radius 2 is 2.09 bits per heavy atom. The maximum Gasteiger partial charge on any atom is 0.0711 e. The van der Waals surface area contributed by atoms with Crippen LogP contribution in [0.4, 0.5) is 0 Å². The lowest BCUT2D eigenvalue weighted by Crippen LogP contribution is -2.40. The first kappa shape index (κ1) is 7.03. The molecule has 3 N–H and O–H groups in total. The summed E-state index contributed by atoms with van der Waals surface area (Å²) in [7, 11) is 0. The van der Waals surface area contributed by atoms with Gasteiger partial charge in [0.15, 0.2) is 0 Å². The molecule has 11 heavy (non-hydrogen) atoms. The van der Waals surface area contributed by atoms with Gasteiger partial charge in [-0.3, -0.25) is 0 Å². The highest BCUT2D eigenvalue weighted by Gasteiger charge is 2.16. The van der Waals surface area contributed by atoms with Crippen LogP contribution < -0.4 is 16.0 Å². The fraction of sp³-hybridized carbons (Fsp3) is 0.429. The van der Waals surface area contributed by atoms with Gasteiger partial charge in [-0.1, -0.05) is 0 Å². The van der Waals surface area contributed by atoms with Crippen molar-refractivity contribution in [3.63, 3.8) is 0 Å². The molecule has 2 aliphatic rings. The fourth-order valence-corrected chi connectivity index (χ4v) is 1.83. The highest BCUT2D eigenvalue weighted by Crippen LogP contribution is 2.20. The van der Waals surface area contributed by atoms with Gasteiger partial charge in [-0.15, -0.1) is 0 Å². The van der Waals surface area contributed by atoms with E-state index in [9.17, 15) is 0 Å². The first-order valence-corrected chi connectivity index (χ1v) is 4.47. The molecule has 0 amide bonds. The summed E-state index contributed by atoms with van der Waals surface area (Å²) in [6.45, 7) is 2.92. The molecule has 2 rings (SSSR count). The molecule has 0 aromatic heterocycles. The van der Waals surface area contributed by atoms with Crippen molar-refractivity contribution in [2.24, 2.45) is 0 Å². The molecule has 0 saturated carbocycles. The third-order valence-electron chi connectivity index (χ3n) is 1.81. The molecule has 0 aromatic rings. The Morgan fingerprint density at radius 1 is 1.27 bits per heavy atom. The van der Waals surface area contributed by atoms with Gasteiger partial charge in [-0.2, -0.15) is 0 Å². The SMILES string of the molecule is BrC1=CNCC2=C1NCCN2. The Balaban J connectivity index is 2.29. The van der Waals surface area contributed by atoms with E-state index in [4.69, 9.17) is 0 Å². The number of halogens is 1. The summed E-state index contributed by atoms with van der Waals surface area (Å²) in [6, 6.07) is 0. The number of allylic oxidation sites excluding steroid dienone is 1. The molecular formula is C7H10BrN3. The van der Waals surface area contributed by atoms with E-state index in [0.717, 1.165) is 24.1 Å². The minimum Gasteiger partial charge on any atom is -0.384 e. The lowest BCUT2D eigenvalue weighted by atomic mass is 10.2. The number of dihydropyridines is 1. The van der Waals surface area contributed by atoms with Gasteiger partial charge < -0.3 is 16.0 Å². The molecule has 0 atom stereocenters. The van der Waals surface area contributed by atoms with Crippen LogP contribution in [0.25, 0.3) is 0 Å². The zero-order valence-corrected chi connectivity index (χ0v) is 7.66. The zero-order valence-electron chi connectivity index (χ0n) is 6.08. The van der Waals surface area contributed by atoms with Crippen molar-refractivity contribution in [3.05, 3.63) is 22.1 Å². The topological polar surface area (TPSA) is 36.1 Å². The molecule has 0 saturated heterocycles. The standard InChI is InChI=1S/C7H10BrN3/c8-5-3-9-4-6-7(5)11-2-1-10-6/h3,9-11H,1-2,4H2. The monoisotopic (exact) mass is 215 g/mol. The van der Waals surface area contributed by atoms with Crippen molar-refractivity contribution in [1.29, 1.82) is 0 Å². The quantitative estimate of drug-likeness (QED) is 0.542. The van der Waals surface area contributed by atoms with E-state index in [1.807, 2.05) is 6.20 Å². The van der Waals surface area contributed by atoms with Crippen LogP contribution >= 0.6 is 15.9 Å². The molecule has 0 aliphatic carbocycles. The average Bonchev–Trinajstić information content (AvgIpc) is 2.06. The van der Waals surface area contributed by atoms with Gasteiger partial charge in [-0.25, -0.2) is 0 Å². The number of hydrogen-bond donors (Lipinski definition) is 3. The Bertz CT molecular complexity index is 232. The van der Waals surface area contributed by atoms with Crippen molar-refractivity contribution >= 4 is 15.9 Å². The normalized spacial score (nSPS) is 22.5. The van der Waals surface area contributed by atoms with E-state index < -0.39 is 0 Å². The Kier molecular flexibility index (Phi) is 1.77. The van der Waals surface area contributed by atoms with E-state index in [2.05, 4.69) is 31.9 Å². The summed E-state index contributed by atoms with van der Waals surface area (Å²) in [5, 5.41) is 9.83. The van der Waals surface area contributed by atoms with Crippen LogP contribution in [0.5, 0.6) is 0 Å². The van der Waals surface area contributed by atoms with E-state index in [-0.39, 0.29) is 0 Å². The number of hydrogen-bond acceptors (Lipinski definition) is 3. The zero-order chi connectivity index (χ0) is 7.68. The lowest BCUT2D eigenvalue weighted by Gasteiger charge is -2.26.